The molecule has 9 heteroatoms. The summed E-state index contributed by atoms with van der Waals surface area (Å²) in [5.74, 6) is 1.24. The van der Waals surface area contributed by atoms with Crippen LogP contribution in [0.25, 0.3) is 0 Å². The van der Waals surface area contributed by atoms with Crippen LogP contribution in [0.1, 0.15) is 12.5 Å². The Labute approximate surface area is 212 Å². The lowest BCUT2D eigenvalue weighted by molar-refractivity contribution is -0.130. The second-order valence-electron chi connectivity index (χ2n) is 7.84. The van der Waals surface area contributed by atoms with E-state index in [4.69, 9.17) is 9.73 Å². The van der Waals surface area contributed by atoms with E-state index < -0.39 is 0 Å². The zero-order valence-electron chi connectivity index (χ0n) is 19.5. The van der Waals surface area contributed by atoms with Crippen LogP contribution in [0, 0.1) is 5.82 Å². The van der Waals surface area contributed by atoms with Gasteiger partial charge in [-0.15, -0.1) is 24.0 Å². The highest BCUT2D eigenvalue weighted by Gasteiger charge is 2.20. The summed E-state index contributed by atoms with van der Waals surface area (Å²) in [5.41, 5.74) is 2.05. The number of likely N-dealkylation sites (N-methyl/N-ethyl adjacent to an activating group) is 1. The van der Waals surface area contributed by atoms with Crippen LogP contribution >= 0.6 is 24.0 Å². The second-order valence-corrected chi connectivity index (χ2v) is 7.84. The summed E-state index contributed by atoms with van der Waals surface area (Å²) < 4.78 is 18.8. The minimum Gasteiger partial charge on any atom is -0.484 e. The number of ether oxygens (including phenoxy) is 1. The van der Waals surface area contributed by atoms with E-state index in [2.05, 4.69) is 22.0 Å². The van der Waals surface area contributed by atoms with Crippen LogP contribution in [0.3, 0.4) is 0 Å². The van der Waals surface area contributed by atoms with E-state index in [1.54, 1.807) is 14.1 Å². The van der Waals surface area contributed by atoms with Crippen molar-refractivity contribution in [1.82, 2.24) is 15.1 Å². The van der Waals surface area contributed by atoms with Crippen molar-refractivity contribution in [3.63, 3.8) is 0 Å². The van der Waals surface area contributed by atoms with Gasteiger partial charge in [0.05, 0.1) is 6.54 Å². The molecule has 2 aromatic rings. The molecule has 0 radical (unpaired) electrons. The van der Waals surface area contributed by atoms with Crippen LogP contribution < -0.4 is 15.0 Å². The highest BCUT2D eigenvalue weighted by molar-refractivity contribution is 14.0. The number of carbonyl (C=O) groups is 1. The summed E-state index contributed by atoms with van der Waals surface area (Å²) in [4.78, 5) is 22.6. The second kappa shape index (κ2) is 13.2. The maximum absolute atomic E-state index is 13.2. The van der Waals surface area contributed by atoms with E-state index in [-0.39, 0.29) is 42.3 Å². The number of guanidine groups is 1. The first-order chi connectivity index (χ1) is 15.5. The van der Waals surface area contributed by atoms with Gasteiger partial charge in [0.25, 0.3) is 5.91 Å². The number of benzene rings is 2. The zero-order valence-corrected chi connectivity index (χ0v) is 21.8. The fourth-order valence-corrected chi connectivity index (χ4v) is 3.43. The molecule has 1 aliphatic rings. The van der Waals surface area contributed by atoms with Crippen LogP contribution in [0.4, 0.5) is 10.1 Å². The van der Waals surface area contributed by atoms with Crippen molar-refractivity contribution in [2.75, 3.05) is 58.3 Å². The Morgan fingerprint density at radius 1 is 1.12 bits per heavy atom. The molecule has 0 aromatic heterocycles. The van der Waals surface area contributed by atoms with E-state index in [0.717, 1.165) is 49.9 Å². The number of halogens is 2. The summed E-state index contributed by atoms with van der Waals surface area (Å²) in [6.07, 6.45) is 0. The average Bonchev–Trinajstić information content (AvgIpc) is 2.81. The molecule has 2 aromatic carbocycles. The number of amides is 1. The molecule has 1 saturated heterocycles. The summed E-state index contributed by atoms with van der Waals surface area (Å²) in [6, 6.07) is 14.3. The van der Waals surface area contributed by atoms with Crippen molar-refractivity contribution < 1.29 is 13.9 Å². The molecule has 0 bridgehead atoms. The number of anilines is 1. The van der Waals surface area contributed by atoms with Gasteiger partial charge in [-0.25, -0.2) is 9.38 Å². The van der Waals surface area contributed by atoms with E-state index in [0.29, 0.717) is 12.3 Å². The van der Waals surface area contributed by atoms with Crippen molar-refractivity contribution in [1.29, 1.82) is 0 Å². The molecule has 0 unspecified atom stereocenters. The zero-order chi connectivity index (χ0) is 22.9. The number of rotatable bonds is 7. The van der Waals surface area contributed by atoms with Gasteiger partial charge < -0.3 is 24.8 Å². The predicted molar refractivity (Wildman–Crippen MR) is 141 cm³/mol. The van der Waals surface area contributed by atoms with Crippen molar-refractivity contribution in [3.8, 4) is 5.75 Å². The molecule has 0 spiro atoms. The lowest BCUT2D eigenvalue weighted by Crippen LogP contribution is -2.52. The largest absolute Gasteiger partial charge is 0.484 e. The summed E-state index contributed by atoms with van der Waals surface area (Å²) >= 11 is 0. The van der Waals surface area contributed by atoms with Crippen LogP contribution in [-0.2, 0) is 11.3 Å². The fraction of sp³-hybridized carbons (Fsp3) is 0.417. The maximum Gasteiger partial charge on any atom is 0.259 e. The molecule has 3 rings (SSSR count). The number of hydrogen-bond acceptors (Lipinski definition) is 4. The minimum atomic E-state index is -0.215. The molecular weight excluding hydrogens is 536 g/mol. The third kappa shape index (κ3) is 8.06. The molecule has 1 N–H and O–H groups in total. The Morgan fingerprint density at radius 2 is 1.82 bits per heavy atom. The van der Waals surface area contributed by atoms with Gasteiger partial charge >= 0.3 is 0 Å². The predicted octanol–water partition coefficient (Wildman–Crippen LogP) is 3.20. The number of nitrogens with one attached hydrogen (secondary N) is 1. The SMILES string of the molecule is CCNC(=NCc1cccc(OCC(=O)N(C)C)c1)N1CCN(c2ccc(F)cc2)CC1.I. The van der Waals surface area contributed by atoms with Crippen molar-refractivity contribution in [2.45, 2.75) is 13.5 Å². The third-order valence-corrected chi connectivity index (χ3v) is 5.28. The molecule has 7 nitrogen and oxygen atoms in total. The molecule has 0 atom stereocenters. The summed E-state index contributed by atoms with van der Waals surface area (Å²) in [6.45, 7) is 6.73. The standard InChI is InChI=1S/C24H32FN5O2.HI/c1-4-26-24(30-14-12-29(13-15-30)21-10-8-20(25)9-11-21)27-17-19-6-5-7-22(16-19)32-18-23(31)28(2)3;/h5-11,16H,4,12-15,17-18H2,1-3H3,(H,26,27);1H. The summed E-state index contributed by atoms with van der Waals surface area (Å²) in [7, 11) is 3.41. The Balaban J connectivity index is 0.00000385. The number of piperazine rings is 1. The van der Waals surface area contributed by atoms with Crippen LogP contribution in [0.15, 0.2) is 53.5 Å². The van der Waals surface area contributed by atoms with Gasteiger partial charge in [0, 0.05) is 52.5 Å². The molecule has 1 heterocycles. The normalized spacial score (nSPS) is 13.9. The fourth-order valence-electron chi connectivity index (χ4n) is 3.43. The minimum absolute atomic E-state index is 0. The Bertz CT molecular complexity index is 915. The number of hydrogen-bond donors (Lipinski definition) is 1. The van der Waals surface area contributed by atoms with Gasteiger partial charge in [-0.05, 0) is 48.9 Å². The quantitative estimate of drug-likeness (QED) is 0.316. The molecule has 1 aliphatic heterocycles. The van der Waals surface area contributed by atoms with Crippen molar-refractivity contribution >= 4 is 41.5 Å². The van der Waals surface area contributed by atoms with Gasteiger partial charge in [0.1, 0.15) is 11.6 Å². The van der Waals surface area contributed by atoms with Gasteiger partial charge in [-0.1, -0.05) is 12.1 Å². The van der Waals surface area contributed by atoms with Gasteiger partial charge in [0.15, 0.2) is 12.6 Å². The molecule has 1 fully saturated rings. The number of carbonyl (C=O) groups excluding carboxylic acids is 1. The first kappa shape index (κ1) is 26.7. The molecule has 0 aliphatic carbocycles. The van der Waals surface area contributed by atoms with Crippen LogP contribution in [-0.4, -0.2) is 75.1 Å². The van der Waals surface area contributed by atoms with Gasteiger partial charge in [0.2, 0.25) is 0 Å². The van der Waals surface area contributed by atoms with E-state index in [1.165, 1.54) is 17.0 Å². The van der Waals surface area contributed by atoms with Gasteiger partial charge in [-0.3, -0.25) is 4.79 Å². The van der Waals surface area contributed by atoms with E-state index in [9.17, 15) is 9.18 Å². The number of nitrogens with zero attached hydrogens (tertiary/aromatic N) is 4. The average molecular weight is 569 g/mol. The Morgan fingerprint density at radius 3 is 2.45 bits per heavy atom. The maximum atomic E-state index is 13.2. The van der Waals surface area contributed by atoms with Crippen molar-refractivity contribution in [2.24, 2.45) is 4.99 Å². The number of aliphatic imine (C=N–C) groups is 1. The summed E-state index contributed by atoms with van der Waals surface area (Å²) in [5, 5.41) is 3.38. The van der Waals surface area contributed by atoms with Crippen molar-refractivity contribution in [3.05, 3.63) is 59.9 Å². The van der Waals surface area contributed by atoms with E-state index in [1.807, 2.05) is 36.4 Å². The Kier molecular flexibility index (Phi) is 10.7. The lowest BCUT2D eigenvalue weighted by atomic mass is 10.2. The van der Waals surface area contributed by atoms with Crippen LogP contribution in [0.2, 0.25) is 0 Å². The highest BCUT2D eigenvalue weighted by atomic mass is 127. The molecule has 1 amide bonds. The van der Waals surface area contributed by atoms with E-state index >= 15 is 0 Å². The van der Waals surface area contributed by atoms with Gasteiger partial charge in [-0.2, -0.15) is 0 Å². The monoisotopic (exact) mass is 569 g/mol. The third-order valence-electron chi connectivity index (χ3n) is 5.28. The highest BCUT2D eigenvalue weighted by Crippen LogP contribution is 2.18. The topological polar surface area (TPSA) is 60.4 Å². The smallest absolute Gasteiger partial charge is 0.259 e. The molecule has 0 saturated carbocycles. The Hall–Kier alpha value is -2.56. The van der Waals surface area contributed by atoms with Crippen LogP contribution in [0.5, 0.6) is 5.75 Å². The first-order valence-electron chi connectivity index (χ1n) is 10.9. The molecule has 180 valence electrons. The molecular formula is C24H33FIN5O2. The first-order valence-corrected chi connectivity index (χ1v) is 10.9. The lowest BCUT2D eigenvalue weighted by Gasteiger charge is -2.37. The molecule has 33 heavy (non-hydrogen) atoms.